The fraction of sp³-hybridized carbons (Fsp3) is 0.435. The predicted molar refractivity (Wildman–Crippen MR) is 122 cm³/mol. The van der Waals surface area contributed by atoms with E-state index in [0.29, 0.717) is 16.1 Å². The highest BCUT2D eigenvalue weighted by Gasteiger charge is 2.32. The molecule has 2 heterocycles. The molecule has 0 radical (unpaired) electrons. The van der Waals surface area contributed by atoms with E-state index in [2.05, 4.69) is 30.4 Å². The first-order valence-electron chi connectivity index (χ1n) is 11.2. The maximum absolute atomic E-state index is 14.3. The zero-order valence-electron chi connectivity index (χ0n) is 19.2. The second-order valence-electron chi connectivity index (χ2n) is 8.33. The van der Waals surface area contributed by atoms with Gasteiger partial charge in [-0.3, -0.25) is 4.79 Å². The van der Waals surface area contributed by atoms with Gasteiger partial charge in [-0.1, -0.05) is 11.3 Å². The number of ketones is 1. The summed E-state index contributed by atoms with van der Waals surface area (Å²) < 4.78 is 60.9. The molecular formula is C23H23F4N5O3S. The fourth-order valence-electron chi connectivity index (χ4n) is 4.22. The first-order valence-corrected chi connectivity index (χ1v) is 12.0. The number of hydrogen-bond acceptors (Lipinski definition) is 9. The molecule has 0 unspecified atom stereocenters. The van der Waals surface area contributed by atoms with Gasteiger partial charge in [-0.2, -0.15) is 10.2 Å². The van der Waals surface area contributed by atoms with E-state index >= 15 is 0 Å². The number of methoxy groups -OCH3 is 1. The van der Waals surface area contributed by atoms with E-state index in [1.54, 1.807) is 6.20 Å². The lowest BCUT2D eigenvalue weighted by atomic mass is 9.84. The summed E-state index contributed by atoms with van der Waals surface area (Å²) >= 11 is 1.19. The molecule has 1 aromatic carbocycles. The normalized spacial score (nSPS) is 19.0. The van der Waals surface area contributed by atoms with Crippen molar-refractivity contribution in [1.82, 2.24) is 20.4 Å². The van der Waals surface area contributed by atoms with Crippen molar-refractivity contribution >= 4 is 22.3 Å². The van der Waals surface area contributed by atoms with E-state index in [-0.39, 0.29) is 18.0 Å². The second-order valence-corrected chi connectivity index (χ2v) is 9.39. The Labute approximate surface area is 208 Å². The molecule has 8 nitrogen and oxygen atoms in total. The Morgan fingerprint density at radius 1 is 1.17 bits per heavy atom. The van der Waals surface area contributed by atoms with Gasteiger partial charge < -0.3 is 14.8 Å². The maximum atomic E-state index is 14.3. The minimum absolute atomic E-state index is 0.201. The van der Waals surface area contributed by atoms with Gasteiger partial charge in [-0.05, 0) is 56.0 Å². The summed E-state index contributed by atoms with van der Waals surface area (Å²) in [6.45, 7) is 0. The first-order chi connectivity index (χ1) is 17.2. The van der Waals surface area contributed by atoms with E-state index in [4.69, 9.17) is 4.74 Å². The summed E-state index contributed by atoms with van der Waals surface area (Å²) in [6, 6.07) is 6.49. The van der Waals surface area contributed by atoms with Crippen molar-refractivity contribution in [3.8, 4) is 5.75 Å². The Kier molecular flexibility index (Phi) is 8.09. The SMILES string of the molecule is CO[C@H](C(=O)Cc1nnc(NC2CCC(c3cccnn3)CC2)s1)c1cc(OC(F)(F)F)ccc1F. The minimum Gasteiger partial charge on any atom is -0.406 e. The molecular weight excluding hydrogens is 502 g/mol. The lowest BCUT2D eigenvalue weighted by Gasteiger charge is -2.28. The Morgan fingerprint density at radius 2 is 1.94 bits per heavy atom. The van der Waals surface area contributed by atoms with Crippen molar-refractivity contribution in [2.75, 3.05) is 12.4 Å². The summed E-state index contributed by atoms with van der Waals surface area (Å²) in [5.41, 5.74) is 0.638. The van der Waals surface area contributed by atoms with Crippen LogP contribution < -0.4 is 10.1 Å². The highest BCUT2D eigenvalue weighted by atomic mass is 32.1. The summed E-state index contributed by atoms with van der Waals surface area (Å²) in [4.78, 5) is 12.8. The number of halogens is 4. The monoisotopic (exact) mass is 525 g/mol. The number of hydrogen-bond donors (Lipinski definition) is 1. The summed E-state index contributed by atoms with van der Waals surface area (Å²) in [5.74, 6) is -1.75. The summed E-state index contributed by atoms with van der Waals surface area (Å²) in [6.07, 6.45) is -1.21. The van der Waals surface area contributed by atoms with Gasteiger partial charge in [-0.25, -0.2) is 4.39 Å². The zero-order chi connectivity index (χ0) is 25.7. The molecule has 36 heavy (non-hydrogen) atoms. The number of carbonyl (C=O) groups is 1. The van der Waals surface area contributed by atoms with E-state index < -0.39 is 29.8 Å². The lowest BCUT2D eigenvalue weighted by Crippen LogP contribution is -2.25. The number of aromatic nitrogens is 4. The number of benzene rings is 1. The average Bonchev–Trinajstić information content (AvgIpc) is 3.28. The van der Waals surface area contributed by atoms with Crippen LogP contribution in [0.25, 0.3) is 0 Å². The Balaban J connectivity index is 1.35. The average molecular weight is 526 g/mol. The largest absolute Gasteiger partial charge is 0.573 e. The Hall–Kier alpha value is -3.19. The number of carbonyl (C=O) groups excluding carboxylic acids is 1. The predicted octanol–water partition coefficient (Wildman–Crippen LogP) is 5.00. The standard InChI is InChI=1S/C23H23F4N5O3S/c1-34-21(16-11-15(8-9-17(16)24)35-23(25,26)27)19(33)12-20-31-32-22(36-20)29-14-6-4-13(5-7-14)18-3-2-10-28-30-18/h2-3,8-11,13-14,21H,4-7,12H2,1H3,(H,29,32)/t13?,14?,21-/m0/s1. The topological polar surface area (TPSA) is 99.1 Å². The molecule has 0 aliphatic heterocycles. The van der Waals surface area contributed by atoms with Crippen molar-refractivity contribution in [1.29, 1.82) is 0 Å². The number of nitrogens with zero attached hydrogens (tertiary/aromatic N) is 4. The van der Waals surface area contributed by atoms with Crippen LogP contribution >= 0.6 is 11.3 Å². The smallest absolute Gasteiger partial charge is 0.406 e. The number of anilines is 1. The highest BCUT2D eigenvalue weighted by molar-refractivity contribution is 7.15. The molecule has 0 spiro atoms. The van der Waals surface area contributed by atoms with Gasteiger partial charge in [0.25, 0.3) is 0 Å². The van der Waals surface area contributed by atoms with Crippen LogP contribution in [0.1, 0.15) is 54.0 Å². The van der Waals surface area contributed by atoms with Crippen LogP contribution in [0.4, 0.5) is 22.7 Å². The van der Waals surface area contributed by atoms with Crippen LogP contribution in [0.15, 0.2) is 36.5 Å². The van der Waals surface area contributed by atoms with Crippen LogP contribution in [0.5, 0.6) is 5.75 Å². The number of alkyl halides is 3. The lowest BCUT2D eigenvalue weighted by molar-refractivity contribution is -0.274. The van der Waals surface area contributed by atoms with Crippen LogP contribution in [-0.4, -0.2) is 45.7 Å². The summed E-state index contributed by atoms with van der Waals surface area (Å²) in [7, 11) is 1.17. The van der Waals surface area contributed by atoms with Crippen LogP contribution in [0, 0.1) is 5.82 Å². The number of nitrogens with one attached hydrogen (secondary N) is 1. The number of Topliss-reactive ketones (excluding diaryl/α,β-unsaturated/α-hetero) is 1. The molecule has 1 aliphatic rings. The van der Waals surface area contributed by atoms with Crippen molar-refractivity contribution in [3.63, 3.8) is 0 Å². The molecule has 0 amide bonds. The molecule has 3 aromatic rings. The van der Waals surface area contributed by atoms with Crippen molar-refractivity contribution in [3.05, 3.63) is 58.6 Å². The molecule has 0 bridgehead atoms. The quantitative estimate of drug-likeness (QED) is 0.390. The number of ether oxygens (including phenoxy) is 2. The van der Waals surface area contributed by atoms with Gasteiger partial charge in [0.15, 0.2) is 5.78 Å². The minimum atomic E-state index is -4.95. The fourth-order valence-corrected chi connectivity index (χ4v) is 5.04. The number of rotatable bonds is 9. The summed E-state index contributed by atoms with van der Waals surface area (Å²) in [5, 5.41) is 20.5. The third-order valence-corrected chi connectivity index (χ3v) is 6.72. The van der Waals surface area contributed by atoms with E-state index in [1.807, 2.05) is 12.1 Å². The van der Waals surface area contributed by atoms with Gasteiger partial charge in [0, 0.05) is 30.8 Å². The zero-order valence-corrected chi connectivity index (χ0v) is 20.0. The first kappa shape index (κ1) is 25.9. The third-order valence-electron chi connectivity index (χ3n) is 5.87. The second kappa shape index (κ2) is 11.2. The van der Waals surface area contributed by atoms with Crippen molar-refractivity contribution < 1.29 is 31.8 Å². The molecule has 0 saturated heterocycles. The molecule has 2 aromatic heterocycles. The Morgan fingerprint density at radius 3 is 2.61 bits per heavy atom. The van der Waals surface area contributed by atoms with Crippen LogP contribution in [-0.2, 0) is 16.0 Å². The Bertz CT molecular complexity index is 1170. The molecule has 1 saturated carbocycles. The molecule has 1 aliphatic carbocycles. The highest BCUT2D eigenvalue weighted by Crippen LogP contribution is 2.34. The van der Waals surface area contributed by atoms with Gasteiger partial charge in [0.1, 0.15) is 22.7 Å². The molecule has 1 N–H and O–H groups in total. The van der Waals surface area contributed by atoms with Crippen molar-refractivity contribution in [2.45, 2.75) is 56.5 Å². The molecule has 1 atom stereocenters. The van der Waals surface area contributed by atoms with Gasteiger partial charge in [-0.15, -0.1) is 23.4 Å². The van der Waals surface area contributed by atoms with Gasteiger partial charge >= 0.3 is 6.36 Å². The van der Waals surface area contributed by atoms with E-state index in [1.165, 1.54) is 18.4 Å². The van der Waals surface area contributed by atoms with Crippen LogP contribution in [0.3, 0.4) is 0 Å². The molecule has 13 heteroatoms. The van der Waals surface area contributed by atoms with Crippen LogP contribution in [0.2, 0.25) is 0 Å². The van der Waals surface area contributed by atoms with E-state index in [9.17, 15) is 22.4 Å². The van der Waals surface area contributed by atoms with E-state index in [0.717, 1.165) is 49.6 Å². The molecule has 1 fully saturated rings. The third kappa shape index (κ3) is 6.72. The molecule has 192 valence electrons. The van der Waals surface area contributed by atoms with Gasteiger partial charge in [0.05, 0.1) is 12.1 Å². The van der Waals surface area contributed by atoms with Gasteiger partial charge in [0.2, 0.25) is 5.13 Å². The maximum Gasteiger partial charge on any atom is 0.573 e. The molecule has 4 rings (SSSR count). The van der Waals surface area contributed by atoms with Crippen molar-refractivity contribution in [2.24, 2.45) is 0 Å².